The summed E-state index contributed by atoms with van der Waals surface area (Å²) in [6.45, 7) is 1.61. The number of para-hydroxylation sites is 1. The fourth-order valence-electron chi connectivity index (χ4n) is 2.89. The average Bonchev–Trinajstić information content (AvgIpc) is 3.00. The number of benzene rings is 2. The zero-order valence-corrected chi connectivity index (χ0v) is 14.9. The number of carbonyl (C=O) groups excluding carboxylic acids is 2. The molecule has 134 valence electrons. The lowest BCUT2D eigenvalue weighted by Gasteiger charge is -2.10. The van der Waals surface area contributed by atoms with Crippen molar-refractivity contribution in [1.82, 2.24) is 4.57 Å². The third-order valence-corrected chi connectivity index (χ3v) is 4.12. The van der Waals surface area contributed by atoms with Gasteiger partial charge in [0.2, 0.25) is 5.91 Å². The van der Waals surface area contributed by atoms with Crippen molar-refractivity contribution in [2.24, 2.45) is 0 Å². The van der Waals surface area contributed by atoms with Crippen LogP contribution in [0.15, 0.2) is 48.7 Å². The highest BCUT2D eigenvalue weighted by molar-refractivity contribution is 6.07. The second-order valence-corrected chi connectivity index (χ2v) is 5.89. The van der Waals surface area contributed by atoms with Crippen molar-refractivity contribution in [3.05, 3.63) is 54.2 Å². The van der Waals surface area contributed by atoms with E-state index in [9.17, 15) is 9.59 Å². The number of anilines is 1. The summed E-state index contributed by atoms with van der Waals surface area (Å²) >= 11 is 0. The molecule has 0 atom stereocenters. The molecule has 0 unspecified atom stereocenters. The summed E-state index contributed by atoms with van der Waals surface area (Å²) in [5, 5.41) is 3.68. The molecule has 1 heterocycles. The minimum atomic E-state index is -0.212. The number of aromatic nitrogens is 1. The van der Waals surface area contributed by atoms with Gasteiger partial charge < -0.3 is 19.4 Å². The molecule has 0 bridgehead atoms. The molecule has 6 heteroatoms. The number of methoxy groups -OCH3 is 2. The van der Waals surface area contributed by atoms with Crippen molar-refractivity contribution < 1.29 is 19.1 Å². The molecule has 0 saturated heterocycles. The predicted octanol–water partition coefficient (Wildman–Crippen LogP) is 3.50. The number of Topliss-reactive ketones (excluding diaryl/α,β-unsaturated/α-hetero) is 1. The van der Waals surface area contributed by atoms with Gasteiger partial charge in [-0.25, -0.2) is 0 Å². The molecule has 0 spiro atoms. The molecule has 1 N–H and O–H groups in total. The van der Waals surface area contributed by atoms with Crippen LogP contribution in [0.4, 0.5) is 5.69 Å². The summed E-state index contributed by atoms with van der Waals surface area (Å²) < 4.78 is 12.2. The largest absolute Gasteiger partial charge is 0.497 e. The molecular weight excluding hydrogens is 332 g/mol. The fourth-order valence-corrected chi connectivity index (χ4v) is 2.89. The topological polar surface area (TPSA) is 69.6 Å². The Kier molecular flexibility index (Phi) is 4.93. The van der Waals surface area contributed by atoms with Gasteiger partial charge >= 0.3 is 0 Å². The Balaban J connectivity index is 1.85. The minimum absolute atomic E-state index is 0.0297. The second-order valence-electron chi connectivity index (χ2n) is 5.89. The number of amides is 1. The normalized spacial score (nSPS) is 10.6. The molecule has 1 amide bonds. The van der Waals surface area contributed by atoms with E-state index in [1.165, 1.54) is 6.92 Å². The van der Waals surface area contributed by atoms with Gasteiger partial charge in [-0.1, -0.05) is 18.2 Å². The van der Waals surface area contributed by atoms with E-state index in [1.54, 1.807) is 43.2 Å². The molecule has 26 heavy (non-hydrogen) atoms. The van der Waals surface area contributed by atoms with Gasteiger partial charge in [-0.3, -0.25) is 9.59 Å². The Morgan fingerprint density at radius 3 is 2.31 bits per heavy atom. The Labute approximate surface area is 151 Å². The Morgan fingerprint density at radius 1 is 1.04 bits per heavy atom. The van der Waals surface area contributed by atoms with Gasteiger partial charge in [-0.15, -0.1) is 0 Å². The maximum atomic E-state index is 12.5. The lowest BCUT2D eigenvalue weighted by Crippen LogP contribution is -2.18. The highest BCUT2D eigenvalue weighted by atomic mass is 16.5. The first kappa shape index (κ1) is 17.5. The molecule has 2 aromatic carbocycles. The van der Waals surface area contributed by atoms with E-state index in [0.717, 1.165) is 10.9 Å². The summed E-state index contributed by atoms with van der Waals surface area (Å²) in [5.41, 5.74) is 2.03. The van der Waals surface area contributed by atoms with E-state index < -0.39 is 0 Å². The van der Waals surface area contributed by atoms with Crippen LogP contribution in [0.1, 0.15) is 17.3 Å². The fraction of sp³-hybridized carbons (Fsp3) is 0.200. The molecule has 0 radical (unpaired) electrons. The Morgan fingerprint density at radius 2 is 1.69 bits per heavy atom. The third-order valence-electron chi connectivity index (χ3n) is 4.12. The molecule has 0 aliphatic heterocycles. The first-order chi connectivity index (χ1) is 12.5. The van der Waals surface area contributed by atoms with Crippen molar-refractivity contribution >= 4 is 28.3 Å². The van der Waals surface area contributed by atoms with Crippen LogP contribution in [0, 0.1) is 0 Å². The summed E-state index contributed by atoms with van der Waals surface area (Å²) in [6.07, 6.45) is 1.72. The van der Waals surface area contributed by atoms with Gasteiger partial charge in [0.05, 0.1) is 14.2 Å². The third kappa shape index (κ3) is 3.54. The zero-order valence-electron chi connectivity index (χ0n) is 14.9. The lowest BCUT2D eigenvalue weighted by molar-refractivity contribution is -0.116. The van der Waals surface area contributed by atoms with Gasteiger partial charge in [0, 0.05) is 46.5 Å². The summed E-state index contributed by atoms with van der Waals surface area (Å²) in [6, 6.07) is 12.7. The molecule has 1 aromatic heterocycles. The second kappa shape index (κ2) is 7.31. The average molecular weight is 352 g/mol. The maximum absolute atomic E-state index is 12.5. The molecule has 6 nitrogen and oxygen atoms in total. The number of rotatable bonds is 6. The Hall–Kier alpha value is -3.28. The van der Waals surface area contributed by atoms with Crippen molar-refractivity contribution in [2.75, 3.05) is 19.5 Å². The van der Waals surface area contributed by atoms with Crippen LogP contribution in [0.2, 0.25) is 0 Å². The molecule has 0 fully saturated rings. The number of hydrogen-bond donors (Lipinski definition) is 1. The first-order valence-electron chi connectivity index (χ1n) is 8.13. The molecule has 3 rings (SSSR count). The summed E-state index contributed by atoms with van der Waals surface area (Å²) in [4.78, 5) is 24.4. The summed E-state index contributed by atoms with van der Waals surface area (Å²) in [7, 11) is 3.10. The van der Waals surface area contributed by atoms with E-state index in [1.807, 2.05) is 24.3 Å². The number of hydrogen-bond acceptors (Lipinski definition) is 4. The van der Waals surface area contributed by atoms with E-state index in [2.05, 4.69) is 5.32 Å². The minimum Gasteiger partial charge on any atom is -0.497 e. The van der Waals surface area contributed by atoms with Gasteiger partial charge in [0.15, 0.2) is 5.78 Å². The highest BCUT2D eigenvalue weighted by Gasteiger charge is 2.14. The van der Waals surface area contributed by atoms with Crippen LogP contribution in [0.5, 0.6) is 11.5 Å². The number of ether oxygens (including phenoxy) is 2. The highest BCUT2D eigenvalue weighted by Crippen LogP contribution is 2.26. The van der Waals surface area contributed by atoms with Crippen LogP contribution < -0.4 is 14.8 Å². The standard InChI is InChI=1S/C20H20N2O4/c1-13(23)18-11-22(19-7-5-4-6-17(18)19)12-20(24)21-14-8-15(25-2)10-16(9-14)26-3/h4-11H,12H2,1-3H3,(H,21,24). The van der Waals surface area contributed by atoms with Crippen LogP contribution in [-0.4, -0.2) is 30.5 Å². The van der Waals surface area contributed by atoms with Crippen LogP contribution >= 0.6 is 0 Å². The van der Waals surface area contributed by atoms with Crippen LogP contribution in [0.25, 0.3) is 10.9 Å². The smallest absolute Gasteiger partial charge is 0.244 e. The van der Waals surface area contributed by atoms with Gasteiger partial charge in [0.1, 0.15) is 18.0 Å². The van der Waals surface area contributed by atoms with Crippen molar-refractivity contribution in [2.45, 2.75) is 13.5 Å². The number of ketones is 1. The quantitative estimate of drug-likeness (QED) is 0.690. The van der Waals surface area contributed by atoms with Gasteiger partial charge in [0.25, 0.3) is 0 Å². The van der Waals surface area contributed by atoms with Gasteiger partial charge in [-0.2, -0.15) is 0 Å². The van der Waals surface area contributed by atoms with Crippen LogP contribution in [-0.2, 0) is 11.3 Å². The number of fused-ring (bicyclic) bond motifs is 1. The van der Waals surface area contributed by atoms with E-state index in [0.29, 0.717) is 22.7 Å². The molecule has 0 aliphatic carbocycles. The van der Waals surface area contributed by atoms with Crippen molar-refractivity contribution in [3.63, 3.8) is 0 Å². The lowest BCUT2D eigenvalue weighted by atomic mass is 10.1. The van der Waals surface area contributed by atoms with E-state index in [-0.39, 0.29) is 18.2 Å². The monoisotopic (exact) mass is 352 g/mol. The number of carbonyl (C=O) groups is 2. The SMILES string of the molecule is COc1cc(NC(=O)Cn2cc(C(C)=O)c3ccccc32)cc(OC)c1. The number of nitrogens with one attached hydrogen (secondary N) is 1. The summed E-state index contributed by atoms with van der Waals surface area (Å²) in [5.74, 6) is 0.934. The van der Waals surface area contributed by atoms with E-state index in [4.69, 9.17) is 9.47 Å². The maximum Gasteiger partial charge on any atom is 0.244 e. The predicted molar refractivity (Wildman–Crippen MR) is 100 cm³/mol. The number of nitrogens with zero attached hydrogens (tertiary/aromatic N) is 1. The molecule has 3 aromatic rings. The van der Waals surface area contributed by atoms with Crippen LogP contribution in [0.3, 0.4) is 0 Å². The van der Waals surface area contributed by atoms with Crippen molar-refractivity contribution in [1.29, 1.82) is 0 Å². The molecular formula is C20H20N2O4. The molecule has 0 saturated carbocycles. The molecule has 0 aliphatic rings. The van der Waals surface area contributed by atoms with Crippen molar-refractivity contribution in [3.8, 4) is 11.5 Å². The van der Waals surface area contributed by atoms with E-state index >= 15 is 0 Å². The zero-order chi connectivity index (χ0) is 18.7. The van der Waals surface area contributed by atoms with Gasteiger partial charge in [-0.05, 0) is 13.0 Å². The first-order valence-corrected chi connectivity index (χ1v) is 8.13. The Bertz CT molecular complexity index is 953.